The highest BCUT2D eigenvalue weighted by atomic mass is 16.7. The van der Waals surface area contributed by atoms with Crippen LogP contribution in [-0.2, 0) is 25.7 Å². The van der Waals surface area contributed by atoms with Crippen molar-refractivity contribution >= 4 is 11.8 Å². The van der Waals surface area contributed by atoms with Crippen LogP contribution in [0.15, 0.2) is 30.3 Å². The molecule has 0 bridgehead atoms. The van der Waals surface area contributed by atoms with Crippen LogP contribution in [0, 0.1) is 0 Å². The van der Waals surface area contributed by atoms with Gasteiger partial charge in [-0.05, 0) is 5.56 Å². The van der Waals surface area contributed by atoms with Gasteiger partial charge in [-0.15, -0.1) is 0 Å². The molecule has 10 heteroatoms. The highest BCUT2D eigenvalue weighted by Crippen LogP contribution is 2.39. The van der Waals surface area contributed by atoms with Crippen molar-refractivity contribution in [1.82, 2.24) is 0 Å². The first-order valence-electron chi connectivity index (χ1n) is 9.18. The monoisotopic (exact) mass is 413 g/mol. The Kier molecular flexibility index (Phi) is 7.46. The first-order chi connectivity index (χ1) is 13.6. The number of Topliss-reactive ketones (excluding diaryl/α,β-unsaturated/α-hetero) is 1. The number of ether oxygens (including phenoxy) is 2. The van der Waals surface area contributed by atoms with Gasteiger partial charge in [-0.25, -0.2) is 4.79 Å². The average molecular weight is 413 g/mol. The van der Waals surface area contributed by atoms with Crippen LogP contribution in [0.5, 0.6) is 0 Å². The van der Waals surface area contributed by atoms with Gasteiger partial charge in [0.2, 0.25) is 0 Å². The zero-order valence-corrected chi connectivity index (χ0v) is 16.0. The Balaban J connectivity index is 2.42. The molecule has 1 aliphatic heterocycles. The summed E-state index contributed by atoms with van der Waals surface area (Å²) in [5.74, 6) is -4.75. The molecule has 0 aliphatic carbocycles. The number of aliphatic carboxylic acids is 1. The first-order valence-corrected chi connectivity index (χ1v) is 9.18. The van der Waals surface area contributed by atoms with Gasteiger partial charge in [0.1, 0.15) is 23.9 Å². The van der Waals surface area contributed by atoms with Crippen LogP contribution in [0.1, 0.15) is 25.3 Å². The molecule has 1 aliphatic rings. The quantitative estimate of drug-likeness (QED) is 0.280. The van der Waals surface area contributed by atoms with E-state index in [0.29, 0.717) is 5.56 Å². The maximum absolute atomic E-state index is 12.5. The Hall–Kier alpha value is -1.92. The van der Waals surface area contributed by atoms with Crippen LogP contribution in [0.4, 0.5) is 0 Å². The highest BCUT2D eigenvalue weighted by Gasteiger charge is 2.63. The van der Waals surface area contributed by atoms with Crippen LogP contribution in [0.25, 0.3) is 0 Å². The summed E-state index contributed by atoms with van der Waals surface area (Å²) in [4.78, 5) is 24.5. The third kappa shape index (κ3) is 4.48. The van der Waals surface area contributed by atoms with Gasteiger partial charge in [-0.2, -0.15) is 0 Å². The van der Waals surface area contributed by atoms with Crippen molar-refractivity contribution < 1.29 is 44.6 Å². The number of hydrogen-bond acceptors (Lipinski definition) is 9. The van der Waals surface area contributed by atoms with Gasteiger partial charge in [0, 0.05) is 12.8 Å². The lowest BCUT2D eigenvalue weighted by molar-refractivity contribution is -0.322. The predicted octanol–water partition coefficient (Wildman–Crippen LogP) is -1.48. The van der Waals surface area contributed by atoms with Crippen LogP contribution in [0.2, 0.25) is 0 Å². The summed E-state index contributed by atoms with van der Waals surface area (Å²) in [6.07, 6.45) is -8.20. The van der Waals surface area contributed by atoms with E-state index in [2.05, 4.69) is 0 Å². The number of benzene rings is 1. The zero-order valence-electron chi connectivity index (χ0n) is 16.0. The second kappa shape index (κ2) is 9.26. The number of carboxylic acids is 1. The maximum atomic E-state index is 12.5. The molecule has 0 unspecified atom stereocenters. The fourth-order valence-corrected chi connectivity index (χ4v) is 3.34. The van der Waals surface area contributed by atoms with Crippen LogP contribution in [-0.4, -0.2) is 79.6 Å². The van der Waals surface area contributed by atoms with Gasteiger partial charge in [0.25, 0.3) is 5.79 Å². The Bertz CT molecular complexity index is 715. The number of aliphatic hydroxyl groups is 4. The standard InChI is InChI=1S/C19H27NO9/c1-2-13(23)19(20)14(24)8-18(17(26)27,28-10-11-6-4-3-5-7-11)29-16(19)15(25)12(22)9-21/h3-7,12,14-16,21-22,24-25H,2,8-10,20H2,1H3,(H,26,27)/t12-,14+,15-,16+,18+,19-/m1/s1. The predicted molar refractivity (Wildman–Crippen MR) is 98.4 cm³/mol. The molecule has 0 radical (unpaired) electrons. The van der Waals surface area contributed by atoms with E-state index in [-0.39, 0.29) is 13.0 Å². The Morgan fingerprint density at radius 2 is 1.93 bits per heavy atom. The number of hydrogen-bond donors (Lipinski definition) is 6. The molecule has 7 N–H and O–H groups in total. The summed E-state index contributed by atoms with van der Waals surface area (Å²) in [5, 5.41) is 49.8. The van der Waals surface area contributed by atoms with E-state index >= 15 is 0 Å². The molecule has 29 heavy (non-hydrogen) atoms. The first kappa shape index (κ1) is 23.4. The summed E-state index contributed by atoms with van der Waals surface area (Å²) < 4.78 is 11.0. The van der Waals surface area contributed by atoms with Crippen LogP contribution < -0.4 is 5.73 Å². The number of aliphatic hydroxyl groups excluding tert-OH is 4. The largest absolute Gasteiger partial charge is 0.477 e. The molecule has 162 valence electrons. The molecule has 6 atom stereocenters. The molecule has 0 spiro atoms. The van der Waals surface area contributed by atoms with Crippen molar-refractivity contribution in [2.45, 2.75) is 62.1 Å². The molecule has 1 heterocycles. The van der Waals surface area contributed by atoms with E-state index in [1.54, 1.807) is 30.3 Å². The third-order valence-electron chi connectivity index (χ3n) is 5.14. The molecule has 0 saturated carbocycles. The molecule has 0 aromatic heterocycles. The molecule has 2 rings (SSSR count). The smallest absolute Gasteiger partial charge is 0.364 e. The summed E-state index contributed by atoms with van der Waals surface area (Å²) in [6.45, 7) is 0.365. The van der Waals surface area contributed by atoms with Crippen molar-refractivity contribution in [2.24, 2.45) is 5.73 Å². The molecule has 10 nitrogen and oxygen atoms in total. The normalized spacial score (nSPS) is 31.8. The Morgan fingerprint density at radius 1 is 1.31 bits per heavy atom. The van der Waals surface area contributed by atoms with E-state index in [9.17, 15) is 30.0 Å². The lowest BCUT2D eigenvalue weighted by Crippen LogP contribution is -2.76. The van der Waals surface area contributed by atoms with E-state index in [4.69, 9.17) is 20.3 Å². The highest BCUT2D eigenvalue weighted by molar-refractivity contribution is 5.90. The number of carbonyl (C=O) groups is 2. The molecule has 1 fully saturated rings. The molecular formula is C19H27NO9. The number of rotatable bonds is 9. The lowest BCUT2D eigenvalue weighted by Gasteiger charge is -2.51. The number of carbonyl (C=O) groups excluding carboxylic acids is 1. The van der Waals surface area contributed by atoms with Crippen LogP contribution in [0.3, 0.4) is 0 Å². The fourth-order valence-electron chi connectivity index (χ4n) is 3.34. The zero-order chi connectivity index (χ0) is 21.8. The number of nitrogens with two attached hydrogens (primary N) is 1. The van der Waals surface area contributed by atoms with Crippen molar-refractivity contribution in [2.75, 3.05) is 6.61 Å². The van der Waals surface area contributed by atoms with Crippen LogP contribution >= 0.6 is 0 Å². The summed E-state index contributed by atoms with van der Waals surface area (Å²) in [6, 6.07) is 8.57. The molecule has 1 aromatic rings. The van der Waals surface area contributed by atoms with Gasteiger partial charge in [-0.3, -0.25) is 4.79 Å². The number of ketones is 1. The third-order valence-corrected chi connectivity index (χ3v) is 5.14. The molecular weight excluding hydrogens is 386 g/mol. The van der Waals surface area contributed by atoms with Gasteiger partial charge < -0.3 is 40.7 Å². The topological polar surface area (TPSA) is 180 Å². The van der Waals surface area contributed by atoms with Gasteiger partial charge in [0.05, 0.1) is 19.3 Å². The second-order valence-corrected chi connectivity index (χ2v) is 7.04. The van der Waals surface area contributed by atoms with Crippen molar-refractivity contribution in [3.8, 4) is 0 Å². The minimum atomic E-state index is -2.44. The second-order valence-electron chi connectivity index (χ2n) is 7.04. The Labute approximate surface area is 167 Å². The minimum Gasteiger partial charge on any atom is -0.477 e. The van der Waals surface area contributed by atoms with E-state index < -0.39 is 60.5 Å². The summed E-state index contributed by atoms with van der Waals surface area (Å²) >= 11 is 0. The van der Waals surface area contributed by atoms with Crippen molar-refractivity contribution in [3.63, 3.8) is 0 Å². The minimum absolute atomic E-state index is 0.139. The Morgan fingerprint density at radius 3 is 2.45 bits per heavy atom. The van der Waals surface area contributed by atoms with Crippen molar-refractivity contribution in [3.05, 3.63) is 35.9 Å². The van der Waals surface area contributed by atoms with Gasteiger partial charge in [-0.1, -0.05) is 37.3 Å². The van der Waals surface area contributed by atoms with E-state index in [1.807, 2.05) is 0 Å². The summed E-state index contributed by atoms with van der Waals surface area (Å²) in [7, 11) is 0. The van der Waals surface area contributed by atoms with Gasteiger partial charge in [0.15, 0.2) is 5.78 Å². The van der Waals surface area contributed by atoms with E-state index in [0.717, 1.165) is 0 Å². The van der Waals surface area contributed by atoms with Crippen molar-refractivity contribution in [1.29, 1.82) is 0 Å². The average Bonchev–Trinajstić information content (AvgIpc) is 2.73. The number of carboxylic acid groups (broad SMARTS) is 1. The molecule has 1 aromatic carbocycles. The maximum Gasteiger partial charge on any atom is 0.364 e. The van der Waals surface area contributed by atoms with E-state index in [1.165, 1.54) is 6.92 Å². The SMILES string of the molecule is CCC(=O)[C@@]1(N)[C@@H](O)C[C@@](OCc2ccccc2)(C(=O)O)O[C@H]1[C@H](O)[C@H](O)CO. The lowest BCUT2D eigenvalue weighted by atomic mass is 9.73. The molecule has 1 saturated heterocycles. The molecule has 0 amide bonds. The summed E-state index contributed by atoms with van der Waals surface area (Å²) in [5.41, 5.74) is 4.51. The fraction of sp³-hybridized carbons (Fsp3) is 0.579. The van der Waals surface area contributed by atoms with Gasteiger partial charge >= 0.3 is 5.97 Å².